The van der Waals surface area contributed by atoms with Crippen LogP contribution in [0, 0.1) is 0 Å². The van der Waals surface area contributed by atoms with Crippen molar-refractivity contribution in [3.8, 4) is 0 Å². The van der Waals surface area contributed by atoms with E-state index in [0.717, 1.165) is 5.56 Å². The zero-order chi connectivity index (χ0) is 13.7. The lowest BCUT2D eigenvalue weighted by atomic mass is 10.2. The molecule has 6 heteroatoms. The molecule has 5 nitrogen and oxygen atoms in total. The molecule has 0 aliphatic rings. The summed E-state index contributed by atoms with van der Waals surface area (Å²) in [6, 6.07) is 8.64. The third-order valence-corrected chi connectivity index (χ3v) is 2.46. The molecular weight excluding hydrogens is 264 g/mol. The van der Waals surface area contributed by atoms with E-state index >= 15 is 0 Å². The van der Waals surface area contributed by atoms with Gasteiger partial charge in [-0.1, -0.05) is 23.7 Å². The molecule has 1 amide bonds. The van der Waals surface area contributed by atoms with E-state index in [1.807, 2.05) is 12.1 Å². The fourth-order valence-corrected chi connectivity index (χ4v) is 1.50. The number of nitrogens with two attached hydrogens (primary N) is 1. The standard InChI is InChI=1S/C13H11ClN4O/c14-11-7-12(17-8-16-11)18-13(19)6-3-9-1-4-10(15)5-2-9/h1-8H,15H2,(H,16,17,18,19)/b6-3+. The predicted molar refractivity (Wildman–Crippen MR) is 75.6 cm³/mol. The molecular formula is C13H11ClN4O. The summed E-state index contributed by atoms with van der Waals surface area (Å²) in [7, 11) is 0. The first-order chi connectivity index (χ1) is 9.13. The van der Waals surface area contributed by atoms with Crippen molar-refractivity contribution in [2.24, 2.45) is 0 Å². The second kappa shape index (κ2) is 5.97. The maximum absolute atomic E-state index is 11.6. The zero-order valence-corrected chi connectivity index (χ0v) is 10.6. The van der Waals surface area contributed by atoms with Gasteiger partial charge in [-0.3, -0.25) is 4.79 Å². The van der Waals surface area contributed by atoms with Gasteiger partial charge in [-0.05, 0) is 23.8 Å². The first-order valence-electron chi connectivity index (χ1n) is 5.45. The zero-order valence-electron chi connectivity index (χ0n) is 9.88. The van der Waals surface area contributed by atoms with Crippen LogP contribution in [0.15, 0.2) is 42.7 Å². The number of carbonyl (C=O) groups excluding carboxylic acids is 1. The molecule has 96 valence electrons. The SMILES string of the molecule is Nc1ccc(/C=C/C(=O)Nc2cc(Cl)ncn2)cc1. The fraction of sp³-hybridized carbons (Fsp3) is 0. The molecule has 0 spiro atoms. The summed E-state index contributed by atoms with van der Waals surface area (Å²) in [4.78, 5) is 19.2. The van der Waals surface area contributed by atoms with Gasteiger partial charge in [0.15, 0.2) is 0 Å². The van der Waals surface area contributed by atoms with Crippen LogP contribution in [0.4, 0.5) is 11.5 Å². The molecule has 3 N–H and O–H groups in total. The van der Waals surface area contributed by atoms with Gasteiger partial charge in [0.1, 0.15) is 17.3 Å². The Morgan fingerprint density at radius 1 is 1.26 bits per heavy atom. The summed E-state index contributed by atoms with van der Waals surface area (Å²) in [5, 5.41) is 2.85. The Hall–Kier alpha value is -2.40. The molecule has 0 unspecified atom stereocenters. The Bertz CT molecular complexity index is 610. The number of carbonyl (C=O) groups is 1. The van der Waals surface area contributed by atoms with Gasteiger partial charge in [0, 0.05) is 17.8 Å². The van der Waals surface area contributed by atoms with E-state index < -0.39 is 0 Å². The largest absolute Gasteiger partial charge is 0.399 e. The normalized spacial score (nSPS) is 10.6. The van der Waals surface area contributed by atoms with Gasteiger partial charge in [0.05, 0.1) is 0 Å². The van der Waals surface area contributed by atoms with Crippen molar-refractivity contribution in [2.75, 3.05) is 11.1 Å². The summed E-state index contributed by atoms with van der Waals surface area (Å²) in [5.41, 5.74) is 7.13. The number of halogens is 1. The van der Waals surface area contributed by atoms with Crippen molar-refractivity contribution in [3.05, 3.63) is 53.5 Å². The Morgan fingerprint density at radius 3 is 2.68 bits per heavy atom. The van der Waals surface area contributed by atoms with E-state index in [2.05, 4.69) is 15.3 Å². The minimum absolute atomic E-state index is 0.271. The number of rotatable bonds is 3. The van der Waals surface area contributed by atoms with Crippen LogP contribution in [0.25, 0.3) is 6.08 Å². The average molecular weight is 275 g/mol. The van der Waals surface area contributed by atoms with Crippen LogP contribution in [0.1, 0.15) is 5.56 Å². The molecule has 0 saturated carbocycles. The number of nitrogens with zero attached hydrogens (tertiary/aromatic N) is 2. The van der Waals surface area contributed by atoms with E-state index in [0.29, 0.717) is 11.5 Å². The first kappa shape index (κ1) is 13.0. The predicted octanol–water partition coefficient (Wildman–Crippen LogP) is 2.36. The molecule has 1 aromatic carbocycles. The van der Waals surface area contributed by atoms with Gasteiger partial charge in [0.2, 0.25) is 5.91 Å². The van der Waals surface area contributed by atoms with E-state index in [4.69, 9.17) is 17.3 Å². The third kappa shape index (κ3) is 4.08. The lowest BCUT2D eigenvalue weighted by molar-refractivity contribution is -0.111. The highest BCUT2D eigenvalue weighted by Crippen LogP contribution is 2.09. The quantitative estimate of drug-likeness (QED) is 0.511. The lowest BCUT2D eigenvalue weighted by Crippen LogP contribution is -2.09. The number of hydrogen-bond donors (Lipinski definition) is 2. The first-order valence-corrected chi connectivity index (χ1v) is 5.83. The summed E-state index contributed by atoms with van der Waals surface area (Å²) in [6.45, 7) is 0. The number of nitrogen functional groups attached to an aromatic ring is 1. The van der Waals surface area contributed by atoms with Crippen molar-refractivity contribution in [1.29, 1.82) is 0 Å². The summed E-state index contributed by atoms with van der Waals surface area (Å²) in [6.07, 6.45) is 4.36. The molecule has 0 saturated heterocycles. The van der Waals surface area contributed by atoms with Crippen molar-refractivity contribution >= 4 is 35.1 Å². The van der Waals surface area contributed by atoms with Crippen LogP contribution in [0.2, 0.25) is 5.15 Å². The topological polar surface area (TPSA) is 80.9 Å². The molecule has 0 aliphatic carbocycles. The van der Waals surface area contributed by atoms with Gasteiger partial charge in [-0.2, -0.15) is 0 Å². The smallest absolute Gasteiger partial charge is 0.249 e. The summed E-state index contributed by atoms with van der Waals surface area (Å²) in [5.74, 6) is 0.0542. The number of anilines is 2. The molecule has 0 aliphatic heterocycles. The monoisotopic (exact) mass is 274 g/mol. The van der Waals surface area contributed by atoms with Crippen LogP contribution in [0.3, 0.4) is 0 Å². The van der Waals surface area contributed by atoms with Gasteiger partial charge in [-0.25, -0.2) is 9.97 Å². The van der Waals surface area contributed by atoms with Gasteiger partial charge >= 0.3 is 0 Å². The average Bonchev–Trinajstić information content (AvgIpc) is 2.38. The molecule has 1 aromatic heterocycles. The Kier molecular flexibility index (Phi) is 4.10. The minimum Gasteiger partial charge on any atom is -0.399 e. The molecule has 19 heavy (non-hydrogen) atoms. The Labute approximate surface area is 115 Å². The fourth-order valence-electron chi connectivity index (χ4n) is 1.35. The Morgan fingerprint density at radius 2 is 2.00 bits per heavy atom. The maximum atomic E-state index is 11.6. The second-order valence-electron chi connectivity index (χ2n) is 3.72. The number of hydrogen-bond acceptors (Lipinski definition) is 4. The van der Waals surface area contributed by atoms with E-state index in [1.165, 1.54) is 18.5 Å². The Balaban J connectivity index is 1.99. The molecule has 1 heterocycles. The number of benzene rings is 1. The highest BCUT2D eigenvalue weighted by atomic mass is 35.5. The van der Waals surface area contributed by atoms with Crippen LogP contribution in [0.5, 0.6) is 0 Å². The highest BCUT2D eigenvalue weighted by molar-refractivity contribution is 6.29. The molecule has 0 atom stereocenters. The van der Waals surface area contributed by atoms with Crippen LogP contribution < -0.4 is 11.1 Å². The maximum Gasteiger partial charge on any atom is 0.249 e. The molecule has 2 aromatic rings. The number of amides is 1. The van der Waals surface area contributed by atoms with Crippen LogP contribution >= 0.6 is 11.6 Å². The highest BCUT2D eigenvalue weighted by Gasteiger charge is 2.00. The van der Waals surface area contributed by atoms with E-state index in [1.54, 1.807) is 18.2 Å². The van der Waals surface area contributed by atoms with Crippen molar-refractivity contribution in [3.63, 3.8) is 0 Å². The van der Waals surface area contributed by atoms with E-state index in [-0.39, 0.29) is 11.1 Å². The van der Waals surface area contributed by atoms with Crippen molar-refractivity contribution in [1.82, 2.24) is 9.97 Å². The van der Waals surface area contributed by atoms with E-state index in [9.17, 15) is 4.79 Å². The van der Waals surface area contributed by atoms with Crippen LogP contribution in [-0.4, -0.2) is 15.9 Å². The molecule has 0 fully saturated rings. The number of aromatic nitrogens is 2. The van der Waals surface area contributed by atoms with Crippen LogP contribution in [-0.2, 0) is 4.79 Å². The third-order valence-electron chi connectivity index (χ3n) is 2.25. The summed E-state index contributed by atoms with van der Waals surface area (Å²) >= 11 is 5.68. The molecule has 0 bridgehead atoms. The summed E-state index contributed by atoms with van der Waals surface area (Å²) < 4.78 is 0. The molecule has 0 radical (unpaired) electrons. The van der Waals surface area contributed by atoms with Crippen molar-refractivity contribution < 1.29 is 4.79 Å². The second-order valence-corrected chi connectivity index (χ2v) is 4.10. The minimum atomic E-state index is -0.299. The van der Waals surface area contributed by atoms with Gasteiger partial charge in [0.25, 0.3) is 0 Å². The van der Waals surface area contributed by atoms with Gasteiger partial charge in [-0.15, -0.1) is 0 Å². The van der Waals surface area contributed by atoms with Crippen molar-refractivity contribution in [2.45, 2.75) is 0 Å². The molecule has 2 rings (SSSR count). The number of nitrogens with one attached hydrogen (secondary N) is 1. The lowest BCUT2D eigenvalue weighted by Gasteiger charge is -2.00. The van der Waals surface area contributed by atoms with Gasteiger partial charge < -0.3 is 11.1 Å².